The molecule has 0 amide bonds. The third kappa shape index (κ3) is 4.43. The number of rotatable bonds is 6. The maximum absolute atomic E-state index is 15.4. The minimum atomic E-state index is -0.448. The number of nitrogens with zero attached hydrogens (tertiary/aromatic N) is 4. The molecule has 0 radical (unpaired) electrons. The molecule has 11 heteroatoms. The Morgan fingerprint density at radius 2 is 1.90 bits per heavy atom. The maximum atomic E-state index is 15.4. The molecule has 0 bridgehead atoms. The van der Waals surface area contributed by atoms with E-state index >= 15 is 4.39 Å². The molecule has 0 aliphatic carbocycles. The van der Waals surface area contributed by atoms with Crippen molar-refractivity contribution in [3.63, 3.8) is 0 Å². The summed E-state index contributed by atoms with van der Waals surface area (Å²) in [5.74, 6) is 0.400. The van der Waals surface area contributed by atoms with E-state index in [1.807, 2.05) is 0 Å². The minimum absolute atomic E-state index is 0.0927. The summed E-state index contributed by atoms with van der Waals surface area (Å²) in [6.07, 6.45) is 3.03. The van der Waals surface area contributed by atoms with Crippen LogP contribution in [0.1, 0.15) is 0 Å². The van der Waals surface area contributed by atoms with E-state index in [2.05, 4.69) is 30.0 Å². The smallest absolute Gasteiger partial charge is 0.228 e. The number of halogens is 3. The van der Waals surface area contributed by atoms with Gasteiger partial charge in [-0.15, -0.1) is 0 Å². The molecule has 3 aromatic heterocycles. The standard InChI is InChI=1S/C20H15Cl2FN6OS/c1-24-18-13(6-10-8-26-20(22)28-17(10)27-18)12-4-3-5-14(16(12)23)29-31-15-7-11(21)9-25-19(15)30-2/h3-9,29H,1-2H3,(H,24,26,27,28). The number of anilines is 2. The second kappa shape index (κ2) is 9.09. The monoisotopic (exact) mass is 476 g/mol. The number of pyridine rings is 2. The molecule has 0 saturated carbocycles. The van der Waals surface area contributed by atoms with Gasteiger partial charge in [0.05, 0.1) is 22.7 Å². The molecule has 0 saturated heterocycles. The van der Waals surface area contributed by atoms with Crippen LogP contribution in [0.3, 0.4) is 0 Å². The van der Waals surface area contributed by atoms with Gasteiger partial charge >= 0.3 is 0 Å². The number of methoxy groups -OCH3 is 1. The second-order valence-corrected chi connectivity index (χ2v) is 7.84. The Morgan fingerprint density at radius 3 is 2.68 bits per heavy atom. The number of nitrogens with one attached hydrogen (secondary N) is 2. The Hall–Kier alpha value is -2.88. The van der Waals surface area contributed by atoms with Crippen molar-refractivity contribution in [2.45, 2.75) is 4.90 Å². The maximum Gasteiger partial charge on any atom is 0.228 e. The second-order valence-electron chi connectivity index (χ2n) is 6.22. The third-order valence-corrected chi connectivity index (χ3v) is 5.54. The van der Waals surface area contributed by atoms with E-state index in [1.54, 1.807) is 43.6 Å². The highest BCUT2D eigenvalue weighted by Gasteiger charge is 2.17. The number of aromatic nitrogens is 4. The van der Waals surface area contributed by atoms with Crippen molar-refractivity contribution >= 4 is 57.7 Å². The molecule has 0 fully saturated rings. The first-order chi connectivity index (χ1) is 15.0. The van der Waals surface area contributed by atoms with Crippen LogP contribution in [0.4, 0.5) is 15.9 Å². The average Bonchev–Trinajstić information content (AvgIpc) is 2.77. The first-order valence-electron chi connectivity index (χ1n) is 8.92. The summed E-state index contributed by atoms with van der Waals surface area (Å²) in [5.41, 5.74) is 1.61. The summed E-state index contributed by atoms with van der Waals surface area (Å²) in [6, 6.07) is 8.50. The molecule has 7 nitrogen and oxygen atoms in total. The molecule has 4 rings (SSSR count). The predicted molar refractivity (Wildman–Crippen MR) is 123 cm³/mol. The highest BCUT2D eigenvalue weighted by atomic mass is 35.5. The summed E-state index contributed by atoms with van der Waals surface area (Å²) in [5, 5.41) is 4.16. The molecule has 0 aliphatic heterocycles. The third-order valence-electron chi connectivity index (χ3n) is 4.31. The van der Waals surface area contributed by atoms with Gasteiger partial charge in [-0.25, -0.2) is 19.3 Å². The molecule has 0 spiro atoms. The first-order valence-corrected chi connectivity index (χ1v) is 10.5. The van der Waals surface area contributed by atoms with Gasteiger partial charge in [-0.2, -0.15) is 4.98 Å². The lowest BCUT2D eigenvalue weighted by molar-refractivity contribution is 0.387. The van der Waals surface area contributed by atoms with Crippen molar-refractivity contribution in [3.05, 3.63) is 58.8 Å². The van der Waals surface area contributed by atoms with Crippen LogP contribution >= 0.6 is 35.1 Å². The SMILES string of the molecule is CNc1nc2nc(Cl)ncc2cc1-c1cccc(NSc2cc(Cl)cnc2OC)c1F. The van der Waals surface area contributed by atoms with Gasteiger partial charge in [0, 0.05) is 36.0 Å². The van der Waals surface area contributed by atoms with Crippen molar-refractivity contribution in [3.8, 4) is 17.0 Å². The molecule has 31 heavy (non-hydrogen) atoms. The molecule has 3 heterocycles. The summed E-state index contributed by atoms with van der Waals surface area (Å²) in [4.78, 5) is 17.3. The normalized spacial score (nSPS) is 10.9. The summed E-state index contributed by atoms with van der Waals surface area (Å²) in [7, 11) is 3.21. The lowest BCUT2D eigenvalue weighted by atomic mass is 10.0. The van der Waals surface area contributed by atoms with Gasteiger partial charge in [0.15, 0.2) is 11.5 Å². The van der Waals surface area contributed by atoms with Crippen LogP contribution in [0.2, 0.25) is 10.3 Å². The Kier molecular flexibility index (Phi) is 6.26. The summed E-state index contributed by atoms with van der Waals surface area (Å²) in [6.45, 7) is 0. The highest BCUT2D eigenvalue weighted by Crippen LogP contribution is 2.36. The topological polar surface area (TPSA) is 84.9 Å². The van der Waals surface area contributed by atoms with Crippen molar-refractivity contribution in [2.24, 2.45) is 0 Å². The fourth-order valence-corrected chi connectivity index (χ4v) is 4.04. The van der Waals surface area contributed by atoms with Gasteiger partial charge in [0.25, 0.3) is 0 Å². The summed E-state index contributed by atoms with van der Waals surface area (Å²) < 4.78 is 23.7. The van der Waals surface area contributed by atoms with Crippen LogP contribution in [-0.2, 0) is 0 Å². The number of hydrogen-bond donors (Lipinski definition) is 2. The molecular weight excluding hydrogens is 462 g/mol. The molecule has 0 unspecified atom stereocenters. The first kappa shape index (κ1) is 21.4. The van der Waals surface area contributed by atoms with Crippen LogP contribution in [0, 0.1) is 5.82 Å². The average molecular weight is 477 g/mol. The predicted octanol–water partition coefficient (Wildman–Crippen LogP) is 5.70. The Balaban J connectivity index is 1.71. The van der Waals surface area contributed by atoms with Gasteiger partial charge in [0.1, 0.15) is 5.82 Å². The molecule has 0 atom stereocenters. The van der Waals surface area contributed by atoms with Gasteiger partial charge in [-0.3, -0.25) is 0 Å². The fourth-order valence-electron chi connectivity index (χ4n) is 2.90. The van der Waals surface area contributed by atoms with Crippen molar-refractivity contribution in [2.75, 3.05) is 24.2 Å². The number of benzene rings is 1. The van der Waals surface area contributed by atoms with Crippen LogP contribution < -0.4 is 14.8 Å². The van der Waals surface area contributed by atoms with Gasteiger partial charge in [-0.05, 0) is 41.7 Å². The van der Waals surface area contributed by atoms with E-state index in [1.165, 1.54) is 13.3 Å². The van der Waals surface area contributed by atoms with Gasteiger partial charge in [0.2, 0.25) is 11.2 Å². The number of ether oxygens (including phenoxy) is 1. The van der Waals surface area contributed by atoms with Gasteiger partial charge < -0.3 is 14.8 Å². The largest absolute Gasteiger partial charge is 0.480 e. The van der Waals surface area contributed by atoms with Crippen molar-refractivity contribution in [1.29, 1.82) is 0 Å². The van der Waals surface area contributed by atoms with E-state index < -0.39 is 5.82 Å². The van der Waals surface area contributed by atoms with E-state index in [4.69, 9.17) is 27.9 Å². The van der Waals surface area contributed by atoms with Crippen molar-refractivity contribution in [1.82, 2.24) is 19.9 Å². The highest BCUT2D eigenvalue weighted by molar-refractivity contribution is 8.00. The van der Waals surface area contributed by atoms with E-state index in [9.17, 15) is 0 Å². The number of hydrogen-bond acceptors (Lipinski definition) is 8. The van der Waals surface area contributed by atoms with Crippen LogP contribution in [0.5, 0.6) is 5.88 Å². The zero-order valence-corrected chi connectivity index (χ0v) is 18.6. The minimum Gasteiger partial charge on any atom is -0.480 e. The van der Waals surface area contributed by atoms with Crippen LogP contribution in [0.15, 0.2) is 47.6 Å². The molecule has 158 valence electrons. The lowest BCUT2D eigenvalue weighted by Gasteiger charge is -2.14. The summed E-state index contributed by atoms with van der Waals surface area (Å²) >= 11 is 13.0. The van der Waals surface area contributed by atoms with Crippen molar-refractivity contribution < 1.29 is 9.13 Å². The Bertz CT molecular complexity index is 1280. The molecule has 4 aromatic rings. The molecular formula is C20H15Cl2FN6OS. The van der Waals surface area contributed by atoms with E-state index in [-0.39, 0.29) is 11.0 Å². The molecule has 1 aromatic carbocycles. The zero-order chi connectivity index (χ0) is 22.0. The Labute approximate surface area is 191 Å². The van der Waals surface area contributed by atoms with E-state index in [0.717, 1.165) is 11.9 Å². The molecule has 2 N–H and O–H groups in total. The van der Waals surface area contributed by atoms with Gasteiger partial charge in [-0.1, -0.05) is 23.7 Å². The quantitative estimate of drug-likeness (QED) is 0.270. The number of fused-ring (bicyclic) bond motifs is 1. The van der Waals surface area contributed by atoms with Crippen LogP contribution in [-0.4, -0.2) is 34.1 Å². The fraction of sp³-hybridized carbons (Fsp3) is 0.100. The Morgan fingerprint density at radius 1 is 1.06 bits per heavy atom. The lowest BCUT2D eigenvalue weighted by Crippen LogP contribution is -2.01. The van der Waals surface area contributed by atoms with E-state index in [0.29, 0.717) is 43.8 Å². The molecule has 0 aliphatic rings. The van der Waals surface area contributed by atoms with Crippen LogP contribution in [0.25, 0.3) is 22.2 Å². The zero-order valence-electron chi connectivity index (χ0n) is 16.3.